The first-order chi connectivity index (χ1) is 14.5. The highest BCUT2D eigenvalue weighted by atomic mass is 16.2. The van der Waals surface area contributed by atoms with Gasteiger partial charge in [-0.05, 0) is 31.1 Å². The van der Waals surface area contributed by atoms with Crippen LogP contribution in [0.25, 0.3) is 0 Å². The molecule has 0 radical (unpaired) electrons. The monoisotopic (exact) mass is 439 g/mol. The van der Waals surface area contributed by atoms with Crippen LogP contribution in [0.1, 0.15) is 53.9 Å². The first kappa shape index (κ1) is 26.4. The summed E-state index contributed by atoms with van der Waals surface area (Å²) >= 11 is 0. The van der Waals surface area contributed by atoms with Gasteiger partial charge in [0.2, 0.25) is 29.5 Å². The zero-order valence-electron chi connectivity index (χ0n) is 19.4. The molecule has 0 bridgehead atoms. The Balaban J connectivity index is 2.73. The minimum Gasteiger partial charge on any atom is -0.357 e. The lowest BCUT2D eigenvalue weighted by molar-refractivity contribution is -0.140. The number of nitrogens with zero attached hydrogens (tertiary/aromatic N) is 1. The molecule has 1 aliphatic rings. The second kappa shape index (κ2) is 12.3. The van der Waals surface area contributed by atoms with Gasteiger partial charge in [-0.3, -0.25) is 24.0 Å². The van der Waals surface area contributed by atoms with E-state index in [9.17, 15) is 24.0 Å². The van der Waals surface area contributed by atoms with Crippen LogP contribution in [-0.2, 0) is 24.0 Å². The molecule has 1 rings (SSSR count). The van der Waals surface area contributed by atoms with Gasteiger partial charge < -0.3 is 26.2 Å². The van der Waals surface area contributed by atoms with E-state index in [-0.39, 0.29) is 42.0 Å². The number of hydrogen-bond acceptors (Lipinski definition) is 5. The second-order valence-electron chi connectivity index (χ2n) is 8.69. The average Bonchev–Trinajstić information content (AvgIpc) is 3.17. The third-order valence-electron chi connectivity index (χ3n) is 5.18. The molecule has 0 aliphatic carbocycles. The Morgan fingerprint density at radius 2 is 1.65 bits per heavy atom. The summed E-state index contributed by atoms with van der Waals surface area (Å²) in [5, 5.41) is 10.5. The molecule has 176 valence electrons. The number of hydrogen-bond donors (Lipinski definition) is 4. The van der Waals surface area contributed by atoms with E-state index in [1.807, 2.05) is 27.7 Å². The summed E-state index contributed by atoms with van der Waals surface area (Å²) in [5.74, 6) is -1.73. The van der Waals surface area contributed by atoms with Crippen LogP contribution in [0, 0.1) is 11.8 Å². The Hall–Kier alpha value is -2.65. The summed E-state index contributed by atoms with van der Waals surface area (Å²) in [6, 6.07) is -2.09. The minimum atomic E-state index is -0.720. The number of rotatable bonds is 10. The van der Waals surface area contributed by atoms with Crippen LogP contribution in [0.5, 0.6) is 0 Å². The third-order valence-corrected chi connectivity index (χ3v) is 5.18. The Morgan fingerprint density at radius 3 is 2.16 bits per heavy atom. The Labute approximate surface area is 184 Å². The predicted octanol–water partition coefficient (Wildman–Crippen LogP) is -0.469. The highest BCUT2D eigenvalue weighted by molar-refractivity contribution is 5.94. The Bertz CT molecular complexity index is 679. The molecule has 0 spiro atoms. The van der Waals surface area contributed by atoms with Crippen molar-refractivity contribution in [1.82, 2.24) is 26.2 Å². The lowest BCUT2D eigenvalue weighted by Gasteiger charge is -2.28. The molecule has 1 aliphatic heterocycles. The van der Waals surface area contributed by atoms with Gasteiger partial charge >= 0.3 is 0 Å². The highest BCUT2D eigenvalue weighted by Gasteiger charge is 2.36. The van der Waals surface area contributed by atoms with E-state index < -0.39 is 24.0 Å². The molecular formula is C21H37N5O5. The van der Waals surface area contributed by atoms with Crippen LogP contribution in [0.2, 0.25) is 0 Å². The fraction of sp³-hybridized carbons (Fsp3) is 0.762. The molecule has 1 heterocycles. The van der Waals surface area contributed by atoms with Gasteiger partial charge in [-0.25, -0.2) is 0 Å². The van der Waals surface area contributed by atoms with E-state index in [1.165, 1.54) is 18.9 Å². The molecule has 1 saturated heterocycles. The van der Waals surface area contributed by atoms with Crippen molar-refractivity contribution in [2.24, 2.45) is 11.8 Å². The molecule has 3 atom stereocenters. The van der Waals surface area contributed by atoms with Crippen molar-refractivity contribution >= 4 is 29.5 Å². The molecule has 1 fully saturated rings. The summed E-state index contributed by atoms with van der Waals surface area (Å²) in [5.41, 5.74) is 0. The van der Waals surface area contributed by atoms with Crippen molar-refractivity contribution in [3.05, 3.63) is 0 Å². The lowest BCUT2D eigenvalue weighted by Crippen LogP contribution is -2.55. The molecule has 5 amide bonds. The summed E-state index contributed by atoms with van der Waals surface area (Å²) in [4.78, 5) is 62.8. The van der Waals surface area contributed by atoms with Crippen molar-refractivity contribution in [3.63, 3.8) is 0 Å². The van der Waals surface area contributed by atoms with Gasteiger partial charge in [0.15, 0.2) is 0 Å². The zero-order chi connectivity index (χ0) is 23.7. The third kappa shape index (κ3) is 8.18. The second-order valence-corrected chi connectivity index (χ2v) is 8.69. The topological polar surface area (TPSA) is 137 Å². The van der Waals surface area contributed by atoms with Crippen LogP contribution in [0.3, 0.4) is 0 Å². The molecule has 0 aromatic carbocycles. The predicted molar refractivity (Wildman–Crippen MR) is 116 cm³/mol. The summed E-state index contributed by atoms with van der Waals surface area (Å²) in [6.07, 6.45) is 1.60. The van der Waals surface area contributed by atoms with E-state index in [4.69, 9.17) is 0 Å². The molecule has 0 aromatic heterocycles. The maximum absolute atomic E-state index is 12.8. The van der Waals surface area contributed by atoms with Crippen molar-refractivity contribution in [2.75, 3.05) is 20.1 Å². The van der Waals surface area contributed by atoms with Gasteiger partial charge in [-0.2, -0.15) is 0 Å². The van der Waals surface area contributed by atoms with Gasteiger partial charge in [0, 0.05) is 20.5 Å². The maximum Gasteiger partial charge on any atom is 0.243 e. The molecule has 31 heavy (non-hydrogen) atoms. The maximum atomic E-state index is 12.8. The van der Waals surface area contributed by atoms with E-state index in [2.05, 4.69) is 21.3 Å². The Kier molecular flexibility index (Phi) is 10.4. The molecule has 0 saturated carbocycles. The normalized spacial score (nSPS) is 17.8. The fourth-order valence-corrected chi connectivity index (χ4v) is 3.61. The number of likely N-dealkylation sites (tertiary alicyclic amines) is 1. The molecule has 4 N–H and O–H groups in total. The van der Waals surface area contributed by atoms with Crippen LogP contribution >= 0.6 is 0 Å². The first-order valence-corrected chi connectivity index (χ1v) is 10.8. The standard InChI is InChI=1S/C21H37N5O5/c1-12(2)10-15(24-14(5)27)19(29)23-11-17(28)26-9-7-8-16(26)20(30)25-18(13(3)4)21(31)22-6/h12-13,15-16,18H,7-11H2,1-6H3,(H,22,31)(H,23,29)(H,24,27)(H,25,30)/t15-,16-,18-/m0/s1. The molecule has 10 heteroatoms. The zero-order valence-corrected chi connectivity index (χ0v) is 19.4. The van der Waals surface area contributed by atoms with Crippen molar-refractivity contribution in [3.8, 4) is 0 Å². The van der Waals surface area contributed by atoms with Crippen molar-refractivity contribution in [2.45, 2.75) is 72.0 Å². The molecular weight excluding hydrogens is 402 g/mol. The van der Waals surface area contributed by atoms with E-state index in [1.54, 1.807) is 0 Å². The van der Waals surface area contributed by atoms with Crippen molar-refractivity contribution in [1.29, 1.82) is 0 Å². The van der Waals surface area contributed by atoms with Crippen LogP contribution in [-0.4, -0.2) is 72.7 Å². The SMILES string of the molecule is CNC(=O)[C@@H](NC(=O)[C@@H]1CCCN1C(=O)CNC(=O)[C@H](CC(C)C)NC(C)=O)C(C)C. The number of amides is 5. The average molecular weight is 440 g/mol. The first-order valence-electron chi connectivity index (χ1n) is 10.8. The van der Waals surface area contributed by atoms with Gasteiger partial charge in [-0.1, -0.05) is 27.7 Å². The molecule has 0 unspecified atom stereocenters. The number of nitrogens with one attached hydrogen (secondary N) is 4. The number of carbonyl (C=O) groups is 5. The number of carbonyl (C=O) groups excluding carboxylic acids is 5. The quantitative estimate of drug-likeness (QED) is 0.365. The van der Waals surface area contributed by atoms with Crippen molar-refractivity contribution < 1.29 is 24.0 Å². The van der Waals surface area contributed by atoms with E-state index in [0.717, 1.165) is 0 Å². The van der Waals surface area contributed by atoms with Gasteiger partial charge in [0.05, 0.1) is 6.54 Å². The summed E-state index contributed by atoms with van der Waals surface area (Å²) in [6.45, 7) is 9.00. The van der Waals surface area contributed by atoms with E-state index >= 15 is 0 Å². The summed E-state index contributed by atoms with van der Waals surface area (Å²) < 4.78 is 0. The van der Waals surface area contributed by atoms with Gasteiger partial charge in [0.1, 0.15) is 18.1 Å². The lowest BCUT2D eigenvalue weighted by atomic mass is 10.0. The molecule has 10 nitrogen and oxygen atoms in total. The minimum absolute atomic E-state index is 0.111. The summed E-state index contributed by atoms with van der Waals surface area (Å²) in [7, 11) is 1.51. The molecule has 0 aromatic rings. The highest BCUT2D eigenvalue weighted by Crippen LogP contribution is 2.18. The number of likely N-dealkylation sites (N-methyl/N-ethyl adjacent to an activating group) is 1. The Morgan fingerprint density at radius 1 is 1.00 bits per heavy atom. The van der Waals surface area contributed by atoms with Crippen LogP contribution < -0.4 is 21.3 Å². The smallest absolute Gasteiger partial charge is 0.243 e. The fourth-order valence-electron chi connectivity index (χ4n) is 3.61. The largest absolute Gasteiger partial charge is 0.357 e. The van der Waals surface area contributed by atoms with Gasteiger partial charge in [-0.15, -0.1) is 0 Å². The van der Waals surface area contributed by atoms with Gasteiger partial charge in [0.25, 0.3) is 0 Å². The van der Waals surface area contributed by atoms with E-state index in [0.29, 0.717) is 25.8 Å². The van der Waals surface area contributed by atoms with Crippen LogP contribution in [0.15, 0.2) is 0 Å². The van der Waals surface area contributed by atoms with Crippen LogP contribution in [0.4, 0.5) is 0 Å².